The molecule has 0 bridgehead atoms. The van der Waals surface area contributed by atoms with E-state index in [1.165, 1.54) is 17.4 Å². The van der Waals surface area contributed by atoms with Crippen molar-refractivity contribution in [1.29, 1.82) is 0 Å². The minimum Gasteiger partial charge on any atom is -0.492 e. The summed E-state index contributed by atoms with van der Waals surface area (Å²) in [5.74, 6) is -0.222. The molecule has 1 N–H and O–H groups in total. The molecule has 0 radical (unpaired) electrons. The third-order valence-corrected chi connectivity index (χ3v) is 6.49. The summed E-state index contributed by atoms with van der Waals surface area (Å²) in [5, 5.41) is 1.35. The highest BCUT2D eigenvalue weighted by Crippen LogP contribution is 2.40. The third kappa shape index (κ3) is 3.91. The smallest absolute Gasteiger partial charge is 0.264 e. The highest BCUT2D eigenvalue weighted by molar-refractivity contribution is 7.85. The molecule has 0 amide bonds. The van der Waals surface area contributed by atoms with Gasteiger partial charge in [0, 0.05) is 15.5 Å². The molecule has 1 heterocycles. The van der Waals surface area contributed by atoms with E-state index in [1.807, 2.05) is 12.1 Å². The maximum absolute atomic E-state index is 12.7. The quantitative estimate of drug-likeness (QED) is 0.377. The first-order chi connectivity index (χ1) is 11.8. The Labute approximate surface area is 157 Å². The highest BCUT2D eigenvalue weighted by atomic mass is 35.5. The molecule has 0 spiro atoms. The number of fused-ring (bicyclic) bond motifs is 2. The van der Waals surface area contributed by atoms with Crippen LogP contribution in [0.5, 0.6) is 5.75 Å². The van der Waals surface area contributed by atoms with E-state index in [1.54, 1.807) is 12.1 Å². The second kappa shape index (κ2) is 7.09. The van der Waals surface area contributed by atoms with Crippen molar-refractivity contribution in [3.8, 4) is 5.75 Å². The van der Waals surface area contributed by atoms with Gasteiger partial charge in [-0.1, -0.05) is 35.3 Å². The first-order valence-corrected chi connectivity index (χ1v) is 10.4. The summed E-state index contributed by atoms with van der Waals surface area (Å²) in [6, 6.07) is 8.72. The first-order valence-electron chi connectivity index (χ1n) is 7.19. The average molecular weight is 419 g/mol. The molecule has 0 aliphatic rings. The lowest BCUT2D eigenvalue weighted by Gasteiger charge is -2.11. The van der Waals surface area contributed by atoms with Crippen LogP contribution < -0.4 is 10.2 Å². The van der Waals surface area contributed by atoms with E-state index in [0.29, 0.717) is 15.5 Å². The number of benzene rings is 2. The molecule has 0 fully saturated rings. The van der Waals surface area contributed by atoms with E-state index >= 15 is 0 Å². The topological polar surface area (TPSA) is 80.7 Å². The molecule has 2 aromatic carbocycles. The van der Waals surface area contributed by atoms with Crippen LogP contribution in [-0.2, 0) is 10.1 Å². The van der Waals surface area contributed by atoms with Gasteiger partial charge in [0.2, 0.25) is 0 Å². The van der Waals surface area contributed by atoms with Crippen LogP contribution in [0.15, 0.2) is 35.1 Å². The average Bonchev–Trinajstić information content (AvgIpc) is 2.56. The SMILES string of the molecule is O=c1c2ccccc2sc2c(Cl)c(Cl)c(OCCCS(=O)(=O)O)cc12. The van der Waals surface area contributed by atoms with Crippen molar-refractivity contribution >= 4 is 64.8 Å². The second-order valence-corrected chi connectivity index (χ2v) is 8.67. The maximum Gasteiger partial charge on any atom is 0.264 e. The van der Waals surface area contributed by atoms with Crippen LogP contribution in [0.3, 0.4) is 0 Å². The molecule has 0 saturated carbocycles. The molecule has 3 rings (SSSR count). The molecule has 0 atom stereocenters. The normalized spacial score (nSPS) is 12.0. The zero-order valence-electron chi connectivity index (χ0n) is 12.7. The standard InChI is InChI=1S/C16H12Cl2O5S2/c17-13-11(23-6-3-7-25(20,21)22)8-10-15(19)9-4-1-2-5-12(9)24-16(10)14(13)18/h1-2,4-5,8H,3,6-7H2,(H,20,21,22). The van der Waals surface area contributed by atoms with Crippen LogP contribution in [-0.4, -0.2) is 25.3 Å². The van der Waals surface area contributed by atoms with E-state index in [9.17, 15) is 13.2 Å². The van der Waals surface area contributed by atoms with Gasteiger partial charge in [-0.15, -0.1) is 11.3 Å². The Bertz CT molecular complexity index is 1120. The lowest BCUT2D eigenvalue weighted by atomic mass is 10.2. The van der Waals surface area contributed by atoms with Crippen LogP contribution in [0.4, 0.5) is 0 Å². The number of halogens is 2. The van der Waals surface area contributed by atoms with Crippen molar-refractivity contribution in [2.45, 2.75) is 6.42 Å². The van der Waals surface area contributed by atoms with Gasteiger partial charge in [0.1, 0.15) is 10.8 Å². The van der Waals surface area contributed by atoms with Gasteiger partial charge in [0.05, 0.1) is 22.1 Å². The van der Waals surface area contributed by atoms with Crippen LogP contribution >= 0.6 is 34.5 Å². The lowest BCUT2D eigenvalue weighted by Crippen LogP contribution is -2.09. The van der Waals surface area contributed by atoms with Gasteiger partial charge in [-0.05, 0) is 24.6 Å². The Hall–Kier alpha value is -1.38. The third-order valence-electron chi connectivity index (χ3n) is 3.52. The van der Waals surface area contributed by atoms with Crippen molar-refractivity contribution in [2.24, 2.45) is 0 Å². The van der Waals surface area contributed by atoms with Crippen LogP contribution in [0, 0.1) is 0 Å². The highest BCUT2D eigenvalue weighted by Gasteiger charge is 2.16. The van der Waals surface area contributed by atoms with Gasteiger partial charge in [-0.3, -0.25) is 9.35 Å². The Morgan fingerprint density at radius 2 is 1.84 bits per heavy atom. The van der Waals surface area contributed by atoms with Gasteiger partial charge in [-0.2, -0.15) is 8.42 Å². The fraction of sp³-hybridized carbons (Fsp3) is 0.188. The van der Waals surface area contributed by atoms with Crippen LogP contribution in [0.2, 0.25) is 10.0 Å². The molecule has 0 aliphatic carbocycles. The monoisotopic (exact) mass is 418 g/mol. The Morgan fingerprint density at radius 3 is 2.56 bits per heavy atom. The molecule has 25 heavy (non-hydrogen) atoms. The molecule has 0 aliphatic heterocycles. The lowest BCUT2D eigenvalue weighted by molar-refractivity contribution is 0.316. The van der Waals surface area contributed by atoms with Crippen molar-refractivity contribution in [3.63, 3.8) is 0 Å². The molecule has 0 saturated heterocycles. The van der Waals surface area contributed by atoms with E-state index in [2.05, 4.69) is 0 Å². The molecular weight excluding hydrogens is 407 g/mol. The summed E-state index contributed by atoms with van der Waals surface area (Å²) < 4.78 is 37.0. The molecule has 5 nitrogen and oxygen atoms in total. The van der Waals surface area contributed by atoms with Gasteiger partial charge in [0.25, 0.3) is 10.1 Å². The summed E-state index contributed by atoms with van der Waals surface area (Å²) in [6.45, 7) is 0.00649. The predicted octanol–water partition coefficient (Wildman–Crippen LogP) is 4.38. The van der Waals surface area contributed by atoms with Crippen molar-refractivity contribution in [3.05, 3.63) is 50.6 Å². The van der Waals surface area contributed by atoms with Crippen molar-refractivity contribution < 1.29 is 17.7 Å². The summed E-state index contributed by atoms with van der Waals surface area (Å²) in [4.78, 5) is 12.7. The number of hydrogen-bond donors (Lipinski definition) is 1. The maximum atomic E-state index is 12.7. The van der Waals surface area contributed by atoms with Crippen molar-refractivity contribution in [1.82, 2.24) is 0 Å². The van der Waals surface area contributed by atoms with E-state index < -0.39 is 15.9 Å². The molecule has 132 valence electrons. The molecular formula is C16H12Cl2O5S2. The van der Waals surface area contributed by atoms with E-state index in [0.717, 1.165) is 4.70 Å². The summed E-state index contributed by atoms with van der Waals surface area (Å²) in [5.41, 5.74) is -0.175. The van der Waals surface area contributed by atoms with Crippen LogP contribution in [0.1, 0.15) is 6.42 Å². The Kier molecular flexibility index (Phi) is 5.22. The van der Waals surface area contributed by atoms with Gasteiger partial charge in [0.15, 0.2) is 5.43 Å². The Morgan fingerprint density at radius 1 is 1.12 bits per heavy atom. The number of ether oxygens (including phenoxy) is 1. The summed E-state index contributed by atoms with van der Waals surface area (Å²) in [7, 11) is -4.05. The second-order valence-electron chi connectivity index (χ2n) is 5.29. The largest absolute Gasteiger partial charge is 0.492 e. The van der Waals surface area contributed by atoms with Gasteiger partial charge >= 0.3 is 0 Å². The van der Waals surface area contributed by atoms with E-state index in [4.69, 9.17) is 32.5 Å². The minimum atomic E-state index is -4.05. The van der Waals surface area contributed by atoms with Gasteiger partial charge in [-0.25, -0.2) is 0 Å². The molecule has 3 aromatic rings. The number of hydrogen-bond acceptors (Lipinski definition) is 5. The van der Waals surface area contributed by atoms with Crippen LogP contribution in [0.25, 0.3) is 20.2 Å². The fourth-order valence-electron chi connectivity index (χ4n) is 2.38. The summed E-state index contributed by atoms with van der Waals surface area (Å²) >= 11 is 13.9. The summed E-state index contributed by atoms with van der Waals surface area (Å²) in [6.07, 6.45) is 0.0788. The van der Waals surface area contributed by atoms with E-state index in [-0.39, 0.29) is 34.3 Å². The van der Waals surface area contributed by atoms with Gasteiger partial charge < -0.3 is 4.74 Å². The predicted molar refractivity (Wildman–Crippen MR) is 102 cm³/mol. The first kappa shape index (κ1) is 18.4. The zero-order chi connectivity index (χ0) is 18.2. The number of rotatable bonds is 5. The van der Waals surface area contributed by atoms with Crippen molar-refractivity contribution in [2.75, 3.05) is 12.4 Å². The zero-order valence-corrected chi connectivity index (χ0v) is 15.8. The Balaban J connectivity index is 2.03. The fourth-order valence-corrected chi connectivity index (χ4v) is 4.52. The molecule has 0 unspecified atom stereocenters. The molecule has 1 aromatic heterocycles. The minimum absolute atomic E-state index is 0.00649. The molecule has 9 heteroatoms.